The Bertz CT molecular complexity index is 694. The number of esters is 1. The number of benzene rings is 1. The molecule has 1 aromatic carbocycles. The molecule has 8 heteroatoms. The molecule has 2 rings (SSSR count). The number of sulfonamides is 1. The fourth-order valence-corrected chi connectivity index (χ4v) is 3.41. The van der Waals surface area contributed by atoms with Gasteiger partial charge in [0.15, 0.2) is 6.10 Å². The average molecular weight is 354 g/mol. The lowest BCUT2D eigenvalue weighted by Gasteiger charge is -2.20. The molecule has 0 aliphatic carbocycles. The van der Waals surface area contributed by atoms with Gasteiger partial charge in [-0.25, -0.2) is 8.42 Å². The van der Waals surface area contributed by atoms with Crippen molar-refractivity contribution in [3.8, 4) is 0 Å². The van der Waals surface area contributed by atoms with Crippen molar-refractivity contribution in [1.29, 1.82) is 0 Å². The van der Waals surface area contributed by atoms with Gasteiger partial charge in [0.2, 0.25) is 10.0 Å². The standard InChI is InChI=1S/C16H22N2O5S/c1-12-5-7-14(8-6-12)24(21,22)17-11-15(19)23-13(2)16(20)18-9-3-4-10-18/h5-8,13,17H,3-4,9-11H2,1-2H3. The molecule has 1 aromatic rings. The number of likely N-dealkylation sites (tertiary alicyclic amines) is 1. The summed E-state index contributed by atoms with van der Waals surface area (Å²) in [5.41, 5.74) is 0.933. The fourth-order valence-electron chi connectivity index (χ4n) is 2.44. The summed E-state index contributed by atoms with van der Waals surface area (Å²) >= 11 is 0. The van der Waals surface area contributed by atoms with E-state index in [0.29, 0.717) is 13.1 Å². The third kappa shape index (κ3) is 4.78. The molecule has 1 amide bonds. The minimum Gasteiger partial charge on any atom is -0.452 e. The zero-order chi connectivity index (χ0) is 17.7. The van der Waals surface area contributed by atoms with E-state index in [9.17, 15) is 18.0 Å². The van der Waals surface area contributed by atoms with Crippen molar-refractivity contribution in [2.24, 2.45) is 0 Å². The second kappa shape index (κ2) is 7.76. The topological polar surface area (TPSA) is 92.8 Å². The first-order valence-corrected chi connectivity index (χ1v) is 9.32. The van der Waals surface area contributed by atoms with Crippen LogP contribution in [0.5, 0.6) is 0 Å². The maximum atomic E-state index is 12.1. The summed E-state index contributed by atoms with van der Waals surface area (Å²) < 4.78 is 31.4. The summed E-state index contributed by atoms with van der Waals surface area (Å²) in [5.74, 6) is -1.03. The Kier molecular flexibility index (Phi) is 5.95. The molecule has 0 aromatic heterocycles. The molecule has 7 nitrogen and oxygen atoms in total. The van der Waals surface area contributed by atoms with Crippen LogP contribution in [0.4, 0.5) is 0 Å². The Balaban J connectivity index is 1.85. The van der Waals surface area contributed by atoms with Crippen LogP contribution in [0.25, 0.3) is 0 Å². The summed E-state index contributed by atoms with van der Waals surface area (Å²) in [4.78, 5) is 25.5. The molecule has 132 valence electrons. The number of carbonyl (C=O) groups is 2. The zero-order valence-electron chi connectivity index (χ0n) is 13.8. The summed E-state index contributed by atoms with van der Waals surface area (Å²) in [6.45, 7) is 4.16. The monoisotopic (exact) mass is 354 g/mol. The quantitative estimate of drug-likeness (QED) is 0.764. The van der Waals surface area contributed by atoms with Gasteiger partial charge in [0.25, 0.3) is 5.91 Å². The number of hydrogen-bond acceptors (Lipinski definition) is 5. The maximum absolute atomic E-state index is 12.1. The molecular weight excluding hydrogens is 332 g/mol. The summed E-state index contributed by atoms with van der Waals surface area (Å²) in [6.07, 6.45) is 0.977. The lowest BCUT2D eigenvalue weighted by molar-refractivity contribution is -0.157. The van der Waals surface area contributed by atoms with E-state index in [0.717, 1.165) is 18.4 Å². The molecule has 1 N–H and O–H groups in total. The molecule has 1 aliphatic heterocycles. The molecule has 0 spiro atoms. The number of aryl methyl sites for hydroxylation is 1. The van der Waals surface area contributed by atoms with Crippen molar-refractivity contribution in [3.05, 3.63) is 29.8 Å². The lowest BCUT2D eigenvalue weighted by atomic mass is 10.2. The molecule has 24 heavy (non-hydrogen) atoms. The number of nitrogens with zero attached hydrogens (tertiary/aromatic N) is 1. The van der Waals surface area contributed by atoms with Crippen molar-refractivity contribution >= 4 is 21.9 Å². The average Bonchev–Trinajstić information content (AvgIpc) is 3.07. The molecule has 0 saturated carbocycles. The van der Waals surface area contributed by atoms with E-state index in [1.54, 1.807) is 17.0 Å². The third-order valence-electron chi connectivity index (χ3n) is 3.81. The van der Waals surface area contributed by atoms with Crippen LogP contribution >= 0.6 is 0 Å². The van der Waals surface area contributed by atoms with Crippen LogP contribution in [0.2, 0.25) is 0 Å². The lowest BCUT2D eigenvalue weighted by Crippen LogP contribution is -2.40. The Morgan fingerprint density at radius 2 is 1.79 bits per heavy atom. The molecule has 1 fully saturated rings. The van der Waals surface area contributed by atoms with Crippen LogP contribution in [-0.2, 0) is 24.3 Å². The van der Waals surface area contributed by atoms with E-state index < -0.39 is 28.6 Å². The van der Waals surface area contributed by atoms with Crippen molar-refractivity contribution < 1.29 is 22.7 Å². The molecular formula is C16H22N2O5S. The third-order valence-corrected chi connectivity index (χ3v) is 5.23. The van der Waals surface area contributed by atoms with Crippen molar-refractivity contribution in [2.75, 3.05) is 19.6 Å². The number of rotatable bonds is 6. The van der Waals surface area contributed by atoms with Gasteiger partial charge in [-0.05, 0) is 38.8 Å². The Morgan fingerprint density at radius 3 is 2.38 bits per heavy atom. The zero-order valence-corrected chi connectivity index (χ0v) is 14.6. The molecule has 1 heterocycles. The van der Waals surface area contributed by atoms with Crippen LogP contribution in [0.1, 0.15) is 25.3 Å². The molecule has 1 unspecified atom stereocenters. The van der Waals surface area contributed by atoms with Crippen molar-refractivity contribution in [2.45, 2.75) is 37.7 Å². The van der Waals surface area contributed by atoms with Crippen LogP contribution in [0.15, 0.2) is 29.2 Å². The summed E-state index contributed by atoms with van der Waals surface area (Å²) in [6, 6.07) is 6.26. The van der Waals surface area contributed by atoms with E-state index in [-0.39, 0.29) is 10.8 Å². The predicted molar refractivity (Wildman–Crippen MR) is 87.7 cm³/mol. The van der Waals surface area contributed by atoms with Gasteiger partial charge < -0.3 is 9.64 Å². The van der Waals surface area contributed by atoms with Gasteiger partial charge in [0.1, 0.15) is 6.54 Å². The summed E-state index contributed by atoms with van der Waals surface area (Å²) in [7, 11) is -3.79. The fraction of sp³-hybridized carbons (Fsp3) is 0.500. The Labute approximate surface area is 142 Å². The molecule has 1 atom stereocenters. The van der Waals surface area contributed by atoms with Gasteiger partial charge in [-0.15, -0.1) is 0 Å². The van der Waals surface area contributed by atoms with Gasteiger partial charge >= 0.3 is 5.97 Å². The van der Waals surface area contributed by atoms with Crippen molar-refractivity contribution in [3.63, 3.8) is 0 Å². The highest BCUT2D eigenvalue weighted by Crippen LogP contribution is 2.11. The number of amides is 1. The maximum Gasteiger partial charge on any atom is 0.321 e. The van der Waals surface area contributed by atoms with Gasteiger partial charge in [-0.1, -0.05) is 17.7 Å². The Hall–Kier alpha value is -1.93. The predicted octanol–water partition coefficient (Wildman–Crippen LogP) is 0.827. The molecule has 0 radical (unpaired) electrons. The highest BCUT2D eigenvalue weighted by Gasteiger charge is 2.26. The minimum atomic E-state index is -3.79. The van der Waals surface area contributed by atoms with Gasteiger partial charge in [0.05, 0.1) is 4.90 Å². The number of carbonyl (C=O) groups excluding carboxylic acids is 2. The summed E-state index contributed by atoms with van der Waals surface area (Å²) in [5, 5.41) is 0. The van der Waals surface area contributed by atoms with Crippen LogP contribution in [-0.4, -0.2) is 50.9 Å². The minimum absolute atomic E-state index is 0.0714. The van der Waals surface area contributed by atoms with Gasteiger partial charge in [-0.3, -0.25) is 9.59 Å². The Morgan fingerprint density at radius 1 is 1.21 bits per heavy atom. The highest BCUT2D eigenvalue weighted by atomic mass is 32.2. The molecule has 1 aliphatic rings. The van der Waals surface area contributed by atoms with Gasteiger partial charge in [0, 0.05) is 13.1 Å². The second-order valence-corrected chi connectivity index (χ2v) is 7.57. The second-order valence-electron chi connectivity index (χ2n) is 5.80. The van der Waals surface area contributed by atoms with Crippen LogP contribution < -0.4 is 4.72 Å². The first-order chi connectivity index (χ1) is 11.3. The van der Waals surface area contributed by atoms with E-state index >= 15 is 0 Å². The number of nitrogens with one attached hydrogen (secondary N) is 1. The number of ether oxygens (including phenoxy) is 1. The van der Waals surface area contributed by atoms with E-state index in [4.69, 9.17) is 4.74 Å². The molecule has 1 saturated heterocycles. The van der Waals surface area contributed by atoms with E-state index in [1.165, 1.54) is 19.1 Å². The smallest absolute Gasteiger partial charge is 0.321 e. The van der Waals surface area contributed by atoms with Crippen molar-refractivity contribution in [1.82, 2.24) is 9.62 Å². The SMILES string of the molecule is Cc1ccc(S(=O)(=O)NCC(=O)OC(C)C(=O)N2CCCC2)cc1. The normalized spacial score (nSPS) is 16.0. The highest BCUT2D eigenvalue weighted by molar-refractivity contribution is 7.89. The first kappa shape index (κ1) is 18.4. The van der Waals surface area contributed by atoms with E-state index in [2.05, 4.69) is 4.72 Å². The number of hydrogen-bond donors (Lipinski definition) is 1. The van der Waals surface area contributed by atoms with Gasteiger partial charge in [-0.2, -0.15) is 4.72 Å². The molecule has 0 bridgehead atoms. The van der Waals surface area contributed by atoms with Crippen LogP contribution in [0, 0.1) is 6.92 Å². The van der Waals surface area contributed by atoms with Crippen LogP contribution in [0.3, 0.4) is 0 Å². The first-order valence-electron chi connectivity index (χ1n) is 7.84. The largest absolute Gasteiger partial charge is 0.452 e. The van der Waals surface area contributed by atoms with E-state index in [1.807, 2.05) is 6.92 Å².